The second kappa shape index (κ2) is 6.49. The molecule has 0 aliphatic carbocycles. The van der Waals surface area contributed by atoms with Crippen molar-refractivity contribution in [1.82, 2.24) is 4.57 Å². The van der Waals surface area contributed by atoms with E-state index in [2.05, 4.69) is 0 Å². The molecule has 3 aromatic rings. The molecule has 0 radical (unpaired) electrons. The van der Waals surface area contributed by atoms with Crippen LogP contribution in [0.3, 0.4) is 0 Å². The van der Waals surface area contributed by atoms with Gasteiger partial charge in [-0.05, 0) is 43.3 Å². The highest BCUT2D eigenvalue weighted by molar-refractivity contribution is 5.96. The minimum absolute atomic E-state index is 0.0559. The van der Waals surface area contributed by atoms with E-state index < -0.39 is 17.5 Å². The van der Waals surface area contributed by atoms with Crippen molar-refractivity contribution in [1.29, 1.82) is 0 Å². The minimum atomic E-state index is -0.562. The molecule has 134 valence electrons. The van der Waals surface area contributed by atoms with Crippen molar-refractivity contribution in [2.75, 3.05) is 0 Å². The highest BCUT2D eigenvalue weighted by Crippen LogP contribution is 2.40. The average Bonchev–Trinajstić information content (AvgIpc) is 2.87. The van der Waals surface area contributed by atoms with Crippen LogP contribution < -0.4 is 4.74 Å². The maximum Gasteiger partial charge on any atom is 0.308 e. The first kappa shape index (κ1) is 17.4. The predicted molar refractivity (Wildman–Crippen MR) is 93.6 cm³/mol. The first-order valence-electron chi connectivity index (χ1n) is 7.75. The van der Waals surface area contributed by atoms with Gasteiger partial charge in [0.05, 0.1) is 28.1 Å². The Morgan fingerprint density at radius 2 is 1.88 bits per heavy atom. The largest absolute Gasteiger partial charge is 0.508 e. The van der Waals surface area contributed by atoms with Crippen LogP contribution in [0.5, 0.6) is 11.5 Å². The van der Waals surface area contributed by atoms with Crippen LogP contribution in [0.2, 0.25) is 0 Å². The normalized spacial score (nSPS) is 10.9. The van der Waals surface area contributed by atoms with Gasteiger partial charge in [0, 0.05) is 18.2 Å². The number of aliphatic hydroxyl groups excluding tert-OH is 1. The molecule has 0 unspecified atom stereocenters. The number of aliphatic hydroxyl groups is 1. The molecule has 2 aromatic carbocycles. The van der Waals surface area contributed by atoms with E-state index in [4.69, 9.17) is 4.74 Å². The summed E-state index contributed by atoms with van der Waals surface area (Å²) in [6, 6.07) is 9.05. The predicted octanol–water partition coefficient (Wildman–Crippen LogP) is 2.97. The maximum atomic E-state index is 11.6. The number of ether oxygens (including phenoxy) is 1. The van der Waals surface area contributed by atoms with E-state index in [1.807, 2.05) is 0 Å². The van der Waals surface area contributed by atoms with E-state index in [0.717, 1.165) is 0 Å². The fourth-order valence-corrected chi connectivity index (χ4v) is 3.09. The fraction of sp³-hybridized carbons (Fsp3) is 0.167. The van der Waals surface area contributed by atoms with Crippen LogP contribution in [0.4, 0.5) is 5.69 Å². The highest BCUT2D eigenvalue weighted by atomic mass is 16.6. The summed E-state index contributed by atoms with van der Waals surface area (Å²) in [5.41, 5.74) is 1.46. The van der Waals surface area contributed by atoms with Crippen LogP contribution in [0.1, 0.15) is 18.2 Å². The molecule has 0 saturated heterocycles. The fourth-order valence-electron chi connectivity index (χ4n) is 3.09. The molecule has 0 spiro atoms. The molecule has 0 fully saturated rings. The Hall–Kier alpha value is -3.39. The van der Waals surface area contributed by atoms with Gasteiger partial charge < -0.3 is 19.5 Å². The second-order valence-electron chi connectivity index (χ2n) is 5.73. The van der Waals surface area contributed by atoms with Gasteiger partial charge in [0.1, 0.15) is 11.5 Å². The molecule has 1 heterocycles. The highest BCUT2D eigenvalue weighted by Gasteiger charge is 2.27. The lowest BCUT2D eigenvalue weighted by Gasteiger charge is -2.13. The average molecular weight is 356 g/mol. The van der Waals surface area contributed by atoms with Crippen molar-refractivity contribution >= 4 is 22.6 Å². The van der Waals surface area contributed by atoms with E-state index in [-0.39, 0.29) is 22.7 Å². The third kappa shape index (κ3) is 2.76. The summed E-state index contributed by atoms with van der Waals surface area (Å²) in [4.78, 5) is 22.5. The summed E-state index contributed by atoms with van der Waals surface area (Å²) in [5, 5.41) is 31.3. The van der Waals surface area contributed by atoms with Crippen molar-refractivity contribution in [3.63, 3.8) is 0 Å². The second-order valence-corrected chi connectivity index (χ2v) is 5.73. The number of phenols is 1. The smallest absolute Gasteiger partial charge is 0.308 e. The van der Waals surface area contributed by atoms with Gasteiger partial charge in [-0.2, -0.15) is 0 Å². The monoisotopic (exact) mass is 356 g/mol. The Morgan fingerprint density at radius 1 is 1.23 bits per heavy atom. The number of hydrogen-bond acceptors (Lipinski definition) is 6. The zero-order chi connectivity index (χ0) is 19.0. The summed E-state index contributed by atoms with van der Waals surface area (Å²) in [6.07, 6.45) is 0. The van der Waals surface area contributed by atoms with Gasteiger partial charge in [-0.1, -0.05) is 0 Å². The number of esters is 1. The molecule has 0 bridgehead atoms. The zero-order valence-electron chi connectivity index (χ0n) is 14.1. The molecule has 2 N–H and O–H groups in total. The van der Waals surface area contributed by atoms with Crippen molar-refractivity contribution in [2.45, 2.75) is 20.5 Å². The number of hydrogen-bond donors (Lipinski definition) is 2. The van der Waals surface area contributed by atoms with Crippen molar-refractivity contribution in [3.8, 4) is 17.2 Å². The first-order valence-corrected chi connectivity index (χ1v) is 7.75. The molecule has 0 saturated carbocycles. The lowest BCUT2D eigenvalue weighted by atomic mass is 10.1. The number of carbonyl (C=O) groups excluding carboxylic acids is 1. The van der Waals surface area contributed by atoms with Crippen LogP contribution in [-0.4, -0.2) is 25.7 Å². The van der Waals surface area contributed by atoms with Crippen LogP contribution in [-0.2, 0) is 11.4 Å². The Kier molecular flexibility index (Phi) is 4.35. The molecule has 1 aromatic heterocycles. The van der Waals surface area contributed by atoms with Gasteiger partial charge in [0.2, 0.25) is 0 Å². The van der Waals surface area contributed by atoms with E-state index >= 15 is 0 Å². The number of phenolic OH excluding ortho intramolecular Hbond substituents is 1. The molecule has 3 rings (SSSR count). The topological polar surface area (TPSA) is 115 Å². The lowest BCUT2D eigenvalue weighted by molar-refractivity contribution is -0.383. The lowest BCUT2D eigenvalue weighted by Crippen LogP contribution is -2.06. The molecule has 0 aliphatic rings. The summed E-state index contributed by atoms with van der Waals surface area (Å²) in [7, 11) is 0. The zero-order valence-corrected chi connectivity index (χ0v) is 14.1. The van der Waals surface area contributed by atoms with Crippen LogP contribution in [0, 0.1) is 17.0 Å². The molecular weight excluding hydrogens is 340 g/mol. The summed E-state index contributed by atoms with van der Waals surface area (Å²) < 4.78 is 6.74. The standard InChI is InChI=1S/C18H16N2O6/c1-10-17(20(24)25)14-7-8-16(26-11(2)22)15(9-21)18(14)19(10)12-3-5-13(23)6-4-12/h3-8,21,23H,9H2,1-2H3. The van der Waals surface area contributed by atoms with E-state index in [0.29, 0.717) is 22.3 Å². The van der Waals surface area contributed by atoms with E-state index in [1.54, 1.807) is 23.6 Å². The number of aromatic nitrogens is 1. The molecule has 0 atom stereocenters. The summed E-state index contributed by atoms with van der Waals surface area (Å²) in [6.45, 7) is 2.36. The van der Waals surface area contributed by atoms with Crippen molar-refractivity contribution in [2.24, 2.45) is 0 Å². The number of carbonyl (C=O) groups is 1. The third-order valence-electron chi connectivity index (χ3n) is 4.10. The summed E-state index contributed by atoms with van der Waals surface area (Å²) in [5.74, 6) is -0.367. The Morgan fingerprint density at radius 3 is 2.42 bits per heavy atom. The quantitative estimate of drug-likeness (QED) is 0.321. The Balaban J connectivity index is 2.44. The first-order chi connectivity index (χ1) is 12.3. The third-order valence-corrected chi connectivity index (χ3v) is 4.10. The molecular formula is C18H16N2O6. The van der Waals surface area contributed by atoms with Gasteiger partial charge >= 0.3 is 5.97 Å². The van der Waals surface area contributed by atoms with Crippen LogP contribution in [0.15, 0.2) is 36.4 Å². The molecule has 0 aliphatic heterocycles. The number of aromatic hydroxyl groups is 1. The van der Waals surface area contributed by atoms with Gasteiger partial charge in [-0.3, -0.25) is 14.9 Å². The Bertz CT molecular complexity index is 1020. The molecule has 8 nitrogen and oxygen atoms in total. The van der Waals surface area contributed by atoms with Gasteiger partial charge in [-0.15, -0.1) is 0 Å². The maximum absolute atomic E-state index is 11.6. The molecule has 8 heteroatoms. The van der Waals surface area contributed by atoms with Crippen molar-refractivity contribution < 1.29 is 24.7 Å². The van der Waals surface area contributed by atoms with Crippen LogP contribution >= 0.6 is 0 Å². The Labute approximate surface area is 148 Å². The van der Waals surface area contributed by atoms with E-state index in [9.17, 15) is 25.1 Å². The molecule has 26 heavy (non-hydrogen) atoms. The number of fused-ring (bicyclic) bond motifs is 1. The number of nitrogens with zero attached hydrogens (tertiary/aromatic N) is 2. The van der Waals surface area contributed by atoms with E-state index in [1.165, 1.54) is 31.2 Å². The van der Waals surface area contributed by atoms with Gasteiger partial charge in [-0.25, -0.2) is 0 Å². The van der Waals surface area contributed by atoms with Gasteiger partial charge in [0.15, 0.2) is 0 Å². The number of rotatable bonds is 4. The number of nitro groups is 1. The molecule has 0 amide bonds. The number of benzene rings is 2. The van der Waals surface area contributed by atoms with Crippen molar-refractivity contribution in [3.05, 3.63) is 57.8 Å². The minimum Gasteiger partial charge on any atom is -0.508 e. The van der Waals surface area contributed by atoms with Gasteiger partial charge in [0.25, 0.3) is 5.69 Å². The SMILES string of the molecule is CC(=O)Oc1ccc2c([N+](=O)[O-])c(C)n(-c3ccc(O)cc3)c2c1CO. The van der Waals surface area contributed by atoms with Crippen LogP contribution in [0.25, 0.3) is 16.6 Å². The summed E-state index contributed by atoms with van der Waals surface area (Å²) >= 11 is 0.